The van der Waals surface area contributed by atoms with Crippen LogP contribution in [0.25, 0.3) is 11.4 Å². The van der Waals surface area contributed by atoms with Crippen molar-refractivity contribution in [2.75, 3.05) is 11.1 Å². The van der Waals surface area contributed by atoms with Crippen LogP contribution in [0.5, 0.6) is 0 Å². The van der Waals surface area contributed by atoms with Gasteiger partial charge in [0.15, 0.2) is 11.0 Å². The molecule has 0 aliphatic carbocycles. The number of aryl methyl sites for hydroxylation is 1. The molecule has 2 aromatic heterocycles. The van der Waals surface area contributed by atoms with Gasteiger partial charge in [-0.15, -0.1) is 21.5 Å². The quantitative estimate of drug-likeness (QED) is 0.569. The molecule has 0 atom stereocenters. The third-order valence-electron chi connectivity index (χ3n) is 4.17. The number of carbonyl (C=O) groups is 1. The Morgan fingerprint density at radius 3 is 2.74 bits per heavy atom. The zero-order valence-corrected chi connectivity index (χ0v) is 17.1. The van der Waals surface area contributed by atoms with Crippen molar-refractivity contribution in [3.8, 4) is 11.4 Å². The summed E-state index contributed by atoms with van der Waals surface area (Å²) in [6.07, 6.45) is 0.933. The van der Waals surface area contributed by atoms with Gasteiger partial charge in [0, 0.05) is 22.4 Å². The maximum Gasteiger partial charge on any atom is 0.234 e. The van der Waals surface area contributed by atoms with E-state index in [2.05, 4.69) is 46.2 Å². The van der Waals surface area contributed by atoms with Crippen LogP contribution in [0.1, 0.15) is 23.8 Å². The van der Waals surface area contributed by atoms with E-state index >= 15 is 0 Å². The van der Waals surface area contributed by atoms with Crippen molar-refractivity contribution in [2.24, 2.45) is 0 Å². The van der Waals surface area contributed by atoms with E-state index < -0.39 is 5.82 Å². The van der Waals surface area contributed by atoms with Gasteiger partial charge in [0.25, 0.3) is 0 Å². The summed E-state index contributed by atoms with van der Waals surface area (Å²) in [7, 11) is 0. The van der Waals surface area contributed by atoms with Crippen molar-refractivity contribution in [1.82, 2.24) is 14.8 Å². The predicted molar refractivity (Wildman–Crippen MR) is 109 cm³/mol. The number of hydrogen-bond donors (Lipinski definition) is 1. The number of halogens is 1. The first-order valence-corrected chi connectivity index (χ1v) is 10.5. The number of rotatable bonds is 7. The Balaban J connectivity index is 1.74. The predicted octanol–water partition coefficient (Wildman–Crippen LogP) is 4.90. The second-order valence-electron chi connectivity index (χ2n) is 6.11. The lowest BCUT2D eigenvalue weighted by molar-refractivity contribution is -0.113. The molecule has 0 bridgehead atoms. The molecule has 0 unspecified atom stereocenters. The van der Waals surface area contributed by atoms with E-state index in [0.717, 1.165) is 24.4 Å². The molecule has 0 radical (unpaired) electrons. The normalized spacial score (nSPS) is 11.0. The summed E-state index contributed by atoms with van der Waals surface area (Å²) in [5.41, 5.74) is 2.47. The lowest BCUT2D eigenvalue weighted by atomic mass is 10.1. The molecule has 1 N–H and O–H groups in total. The van der Waals surface area contributed by atoms with Gasteiger partial charge in [-0.05, 0) is 38.0 Å². The standard InChI is InChI=1S/C19H21FN4OS2/c1-4-9-24-18(14-10-26-13(3)12(14)2)22-23-19(24)27-11-17(25)21-16-8-6-5-7-15(16)20/h5-8,10H,4,9,11H2,1-3H3,(H,21,25). The number of nitrogens with one attached hydrogen (secondary N) is 1. The van der Waals surface area contributed by atoms with E-state index in [4.69, 9.17) is 0 Å². The highest BCUT2D eigenvalue weighted by Crippen LogP contribution is 2.31. The van der Waals surface area contributed by atoms with Crippen LogP contribution in [0.15, 0.2) is 34.8 Å². The average Bonchev–Trinajstić information content (AvgIpc) is 3.19. The van der Waals surface area contributed by atoms with Gasteiger partial charge in [-0.2, -0.15) is 0 Å². The molecule has 2 heterocycles. The Bertz CT molecular complexity index is 951. The van der Waals surface area contributed by atoms with Crippen LogP contribution in [0.2, 0.25) is 0 Å². The summed E-state index contributed by atoms with van der Waals surface area (Å²) in [5.74, 6) is 0.240. The van der Waals surface area contributed by atoms with Gasteiger partial charge in [-0.1, -0.05) is 30.8 Å². The van der Waals surface area contributed by atoms with Crippen molar-refractivity contribution in [2.45, 2.75) is 38.9 Å². The van der Waals surface area contributed by atoms with E-state index in [1.807, 2.05) is 0 Å². The molecule has 0 aliphatic heterocycles. The lowest BCUT2D eigenvalue weighted by Crippen LogP contribution is -2.15. The third kappa shape index (κ3) is 4.39. The number of thiophene rings is 1. The minimum atomic E-state index is -0.449. The van der Waals surface area contributed by atoms with E-state index in [9.17, 15) is 9.18 Å². The first kappa shape index (κ1) is 19.6. The van der Waals surface area contributed by atoms with Gasteiger partial charge in [0.1, 0.15) is 5.82 Å². The highest BCUT2D eigenvalue weighted by molar-refractivity contribution is 7.99. The van der Waals surface area contributed by atoms with Crippen molar-refractivity contribution in [3.05, 3.63) is 45.9 Å². The number of amides is 1. The van der Waals surface area contributed by atoms with Crippen LogP contribution in [0.3, 0.4) is 0 Å². The molecule has 3 aromatic rings. The molecule has 0 fully saturated rings. The summed E-state index contributed by atoms with van der Waals surface area (Å²) in [4.78, 5) is 13.4. The summed E-state index contributed by atoms with van der Waals surface area (Å²) >= 11 is 3.00. The average molecular weight is 405 g/mol. The smallest absolute Gasteiger partial charge is 0.234 e. The Morgan fingerprint density at radius 1 is 1.30 bits per heavy atom. The van der Waals surface area contributed by atoms with Crippen LogP contribution >= 0.6 is 23.1 Å². The maximum absolute atomic E-state index is 13.7. The Morgan fingerprint density at radius 2 is 2.07 bits per heavy atom. The molecule has 0 saturated heterocycles. The van der Waals surface area contributed by atoms with Crippen LogP contribution in [-0.2, 0) is 11.3 Å². The minimum Gasteiger partial charge on any atom is -0.323 e. The molecule has 0 spiro atoms. The van der Waals surface area contributed by atoms with Crippen molar-refractivity contribution in [3.63, 3.8) is 0 Å². The number of nitrogens with zero attached hydrogens (tertiary/aromatic N) is 3. The number of aromatic nitrogens is 3. The van der Waals surface area contributed by atoms with Gasteiger partial charge in [-0.25, -0.2) is 4.39 Å². The van der Waals surface area contributed by atoms with Gasteiger partial charge >= 0.3 is 0 Å². The fourth-order valence-electron chi connectivity index (χ4n) is 2.63. The molecule has 0 saturated carbocycles. The summed E-state index contributed by atoms with van der Waals surface area (Å²) in [5, 5.41) is 14.0. The number of thioether (sulfide) groups is 1. The lowest BCUT2D eigenvalue weighted by Gasteiger charge is -2.09. The molecule has 27 heavy (non-hydrogen) atoms. The molecular formula is C19H21FN4OS2. The van der Waals surface area contributed by atoms with Crippen molar-refractivity contribution in [1.29, 1.82) is 0 Å². The van der Waals surface area contributed by atoms with Crippen molar-refractivity contribution < 1.29 is 9.18 Å². The van der Waals surface area contributed by atoms with Crippen LogP contribution < -0.4 is 5.32 Å². The third-order valence-corrected chi connectivity index (χ3v) is 6.15. The fourth-order valence-corrected chi connectivity index (χ4v) is 4.26. The van der Waals surface area contributed by atoms with E-state index in [1.54, 1.807) is 23.5 Å². The number of benzene rings is 1. The van der Waals surface area contributed by atoms with Crippen molar-refractivity contribution >= 4 is 34.7 Å². The fraction of sp³-hybridized carbons (Fsp3) is 0.316. The zero-order chi connectivity index (χ0) is 19.4. The number of carbonyl (C=O) groups excluding carboxylic acids is 1. The van der Waals surface area contributed by atoms with Gasteiger partial charge in [0.2, 0.25) is 5.91 Å². The molecule has 1 aromatic carbocycles. The van der Waals surface area contributed by atoms with Crippen LogP contribution in [0.4, 0.5) is 10.1 Å². The first-order valence-electron chi connectivity index (χ1n) is 8.66. The Hall–Kier alpha value is -2.19. The summed E-state index contributed by atoms with van der Waals surface area (Å²) in [6.45, 7) is 7.04. The minimum absolute atomic E-state index is 0.137. The molecule has 8 heteroatoms. The number of para-hydroxylation sites is 1. The summed E-state index contributed by atoms with van der Waals surface area (Å²) in [6, 6.07) is 6.12. The summed E-state index contributed by atoms with van der Waals surface area (Å²) < 4.78 is 15.7. The molecule has 0 aliphatic rings. The second-order valence-corrected chi connectivity index (χ2v) is 8.13. The van der Waals surface area contributed by atoms with E-state index in [1.165, 1.54) is 34.3 Å². The van der Waals surface area contributed by atoms with Gasteiger partial charge in [-0.3, -0.25) is 4.79 Å². The highest BCUT2D eigenvalue weighted by Gasteiger charge is 2.18. The van der Waals surface area contributed by atoms with Crippen LogP contribution in [0, 0.1) is 19.7 Å². The van der Waals surface area contributed by atoms with Gasteiger partial charge in [0.05, 0.1) is 11.4 Å². The topological polar surface area (TPSA) is 59.8 Å². The maximum atomic E-state index is 13.7. The number of hydrogen-bond acceptors (Lipinski definition) is 5. The second kappa shape index (κ2) is 8.67. The highest BCUT2D eigenvalue weighted by atomic mass is 32.2. The van der Waals surface area contributed by atoms with E-state index in [-0.39, 0.29) is 17.3 Å². The molecular weight excluding hydrogens is 383 g/mol. The monoisotopic (exact) mass is 404 g/mol. The Kier molecular flexibility index (Phi) is 6.28. The first-order chi connectivity index (χ1) is 13.0. The largest absolute Gasteiger partial charge is 0.323 e. The van der Waals surface area contributed by atoms with E-state index in [0.29, 0.717) is 5.16 Å². The molecule has 3 rings (SSSR count). The zero-order valence-electron chi connectivity index (χ0n) is 15.5. The molecule has 1 amide bonds. The van der Waals surface area contributed by atoms with Gasteiger partial charge < -0.3 is 9.88 Å². The number of anilines is 1. The SMILES string of the molecule is CCCn1c(SCC(=O)Nc2ccccc2F)nnc1-c1csc(C)c1C. The Labute approximate surface area is 166 Å². The van der Waals surface area contributed by atoms with Crippen LogP contribution in [-0.4, -0.2) is 26.4 Å². The molecule has 142 valence electrons. The molecule has 5 nitrogen and oxygen atoms in total.